The second-order valence-electron chi connectivity index (χ2n) is 5.06. The van der Waals surface area contributed by atoms with E-state index in [9.17, 15) is 8.42 Å². The van der Waals surface area contributed by atoms with Crippen molar-refractivity contribution in [3.8, 4) is 0 Å². The van der Waals surface area contributed by atoms with Crippen LogP contribution in [0, 0.1) is 0 Å². The first kappa shape index (κ1) is 13.1. The molecule has 1 aliphatic rings. The summed E-state index contributed by atoms with van der Waals surface area (Å²) in [6, 6.07) is 14.2. The smallest absolute Gasteiger partial charge is 0.240 e. The van der Waals surface area contributed by atoms with E-state index in [1.165, 1.54) is 23.3 Å². The number of hydrogen-bond acceptors (Lipinski definition) is 3. The first-order valence-electron chi connectivity index (χ1n) is 6.49. The molecule has 0 saturated heterocycles. The predicted octanol–water partition coefficient (Wildman–Crippen LogP) is 1.71. The minimum Gasteiger partial charge on any atom is -0.399 e. The molecule has 0 saturated carbocycles. The van der Waals surface area contributed by atoms with E-state index in [0.717, 1.165) is 12.8 Å². The van der Waals surface area contributed by atoms with Gasteiger partial charge in [-0.25, -0.2) is 13.1 Å². The summed E-state index contributed by atoms with van der Waals surface area (Å²) in [5, 5.41) is 0. The van der Waals surface area contributed by atoms with Crippen LogP contribution in [-0.4, -0.2) is 14.5 Å². The second kappa shape index (κ2) is 4.92. The molecule has 1 aliphatic carbocycles. The van der Waals surface area contributed by atoms with Gasteiger partial charge >= 0.3 is 0 Å². The van der Waals surface area contributed by atoms with Crippen LogP contribution < -0.4 is 10.5 Å². The van der Waals surface area contributed by atoms with Gasteiger partial charge in [0, 0.05) is 11.7 Å². The first-order chi connectivity index (χ1) is 9.54. The normalized spacial score (nSPS) is 15.2. The zero-order valence-corrected chi connectivity index (χ0v) is 11.7. The second-order valence-corrected chi connectivity index (χ2v) is 6.78. The van der Waals surface area contributed by atoms with Crippen LogP contribution in [0.15, 0.2) is 53.4 Å². The highest BCUT2D eigenvalue weighted by atomic mass is 32.2. The van der Waals surface area contributed by atoms with E-state index >= 15 is 0 Å². The maximum atomic E-state index is 12.3. The fourth-order valence-corrected chi connectivity index (χ4v) is 3.81. The molecule has 104 valence electrons. The lowest BCUT2D eigenvalue weighted by Crippen LogP contribution is -2.35. The Morgan fingerprint density at radius 2 is 1.50 bits per heavy atom. The van der Waals surface area contributed by atoms with Crippen molar-refractivity contribution in [3.63, 3.8) is 0 Å². The van der Waals surface area contributed by atoms with Gasteiger partial charge in [-0.1, -0.05) is 24.3 Å². The van der Waals surface area contributed by atoms with Gasteiger partial charge in [-0.05, 0) is 48.2 Å². The number of rotatable bonds is 3. The zero-order valence-electron chi connectivity index (χ0n) is 10.9. The van der Waals surface area contributed by atoms with Gasteiger partial charge in [0.25, 0.3) is 0 Å². The van der Waals surface area contributed by atoms with Crippen molar-refractivity contribution in [2.45, 2.75) is 23.8 Å². The van der Waals surface area contributed by atoms with Gasteiger partial charge in [0.15, 0.2) is 0 Å². The van der Waals surface area contributed by atoms with Crippen LogP contribution >= 0.6 is 0 Å². The zero-order chi connectivity index (χ0) is 14.2. The van der Waals surface area contributed by atoms with Crippen molar-refractivity contribution in [2.24, 2.45) is 0 Å². The van der Waals surface area contributed by atoms with E-state index in [2.05, 4.69) is 4.72 Å². The van der Waals surface area contributed by atoms with Gasteiger partial charge in [-0.2, -0.15) is 0 Å². The van der Waals surface area contributed by atoms with Gasteiger partial charge < -0.3 is 5.73 Å². The van der Waals surface area contributed by atoms with Gasteiger partial charge in [0.05, 0.1) is 4.90 Å². The Labute approximate surface area is 118 Å². The summed E-state index contributed by atoms with van der Waals surface area (Å²) in [7, 11) is -3.48. The van der Waals surface area contributed by atoms with Crippen molar-refractivity contribution >= 4 is 15.7 Å². The Morgan fingerprint density at radius 1 is 0.950 bits per heavy atom. The number of benzene rings is 2. The van der Waals surface area contributed by atoms with E-state index in [-0.39, 0.29) is 10.9 Å². The molecule has 0 amide bonds. The standard InChI is InChI=1S/C15H16N2O2S/c16-13-5-7-15(8-6-13)20(18,19)17-14-9-11-3-1-2-4-12(11)10-14/h1-8,14,17H,9-10,16H2. The molecule has 3 rings (SSSR count). The topological polar surface area (TPSA) is 72.2 Å². The lowest BCUT2D eigenvalue weighted by Gasteiger charge is -2.12. The molecule has 0 aliphatic heterocycles. The van der Waals surface area contributed by atoms with Crippen LogP contribution in [-0.2, 0) is 22.9 Å². The summed E-state index contributed by atoms with van der Waals surface area (Å²) in [4.78, 5) is 0.252. The fourth-order valence-electron chi connectivity index (χ4n) is 2.58. The van der Waals surface area contributed by atoms with Crippen molar-refractivity contribution in [3.05, 3.63) is 59.7 Å². The maximum absolute atomic E-state index is 12.3. The Bertz CT molecular complexity index is 699. The summed E-state index contributed by atoms with van der Waals surface area (Å²) in [5.41, 5.74) is 8.57. The molecule has 0 unspecified atom stereocenters. The molecule has 20 heavy (non-hydrogen) atoms. The number of hydrogen-bond donors (Lipinski definition) is 2. The Kier molecular flexibility index (Phi) is 3.23. The third kappa shape index (κ3) is 2.55. The van der Waals surface area contributed by atoms with Crippen molar-refractivity contribution < 1.29 is 8.42 Å². The van der Waals surface area contributed by atoms with E-state index in [1.807, 2.05) is 24.3 Å². The molecule has 5 heteroatoms. The van der Waals surface area contributed by atoms with Crippen LogP contribution in [0.5, 0.6) is 0 Å². The van der Waals surface area contributed by atoms with Crippen LogP contribution in [0.1, 0.15) is 11.1 Å². The summed E-state index contributed by atoms with van der Waals surface area (Å²) in [6.07, 6.45) is 1.48. The van der Waals surface area contributed by atoms with Crippen LogP contribution in [0.2, 0.25) is 0 Å². The molecule has 3 N–H and O–H groups in total. The highest BCUT2D eigenvalue weighted by molar-refractivity contribution is 7.89. The maximum Gasteiger partial charge on any atom is 0.240 e. The Hall–Kier alpha value is -1.85. The first-order valence-corrected chi connectivity index (χ1v) is 7.97. The van der Waals surface area contributed by atoms with Gasteiger partial charge in [-0.15, -0.1) is 0 Å². The van der Waals surface area contributed by atoms with E-state index < -0.39 is 10.0 Å². The largest absolute Gasteiger partial charge is 0.399 e. The van der Waals surface area contributed by atoms with Crippen LogP contribution in [0.4, 0.5) is 5.69 Å². The van der Waals surface area contributed by atoms with Crippen LogP contribution in [0.25, 0.3) is 0 Å². The van der Waals surface area contributed by atoms with E-state index in [0.29, 0.717) is 5.69 Å². The lowest BCUT2D eigenvalue weighted by atomic mass is 10.1. The van der Waals surface area contributed by atoms with Gasteiger partial charge in [0.2, 0.25) is 10.0 Å². The Morgan fingerprint density at radius 3 is 2.05 bits per heavy atom. The van der Waals surface area contributed by atoms with Gasteiger partial charge in [-0.3, -0.25) is 0 Å². The highest BCUT2D eigenvalue weighted by Crippen LogP contribution is 2.23. The molecule has 4 nitrogen and oxygen atoms in total. The van der Waals surface area contributed by atoms with Gasteiger partial charge in [0.1, 0.15) is 0 Å². The molecule has 2 aromatic rings. The molecule has 0 radical (unpaired) electrons. The molecular weight excluding hydrogens is 272 g/mol. The minimum atomic E-state index is -3.48. The number of nitrogens with one attached hydrogen (secondary N) is 1. The average Bonchev–Trinajstić information content (AvgIpc) is 2.80. The predicted molar refractivity (Wildman–Crippen MR) is 78.8 cm³/mol. The van der Waals surface area contributed by atoms with Crippen molar-refractivity contribution in [2.75, 3.05) is 5.73 Å². The molecule has 0 atom stereocenters. The molecular formula is C15H16N2O2S. The summed E-state index contributed by atoms with van der Waals surface area (Å²) in [5.74, 6) is 0. The highest BCUT2D eigenvalue weighted by Gasteiger charge is 2.26. The Balaban J connectivity index is 1.77. The molecule has 0 heterocycles. The average molecular weight is 288 g/mol. The third-order valence-corrected chi connectivity index (χ3v) is 5.10. The monoisotopic (exact) mass is 288 g/mol. The summed E-state index contributed by atoms with van der Waals surface area (Å²) < 4.78 is 27.4. The van der Waals surface area contributed by atoms with E-state index in [4.69, 9.17) is 5.73 Å². The SMILES string of the molecule is Nc1ccc(S(=O)(=O)NC2Cc3ccccc3C2)cc1. The van der Waals surface area contributed by atoms with Crippen molar-refractivity contribution in [1.29, 1.82) is 0 Å². The number of anilines is 1. The summed E-state index contributed by atoms with van der Waals surface area (Å²) in [6.45, 7) is 0. The molecule has 0 spiro atoms. The summed E-state index contributed by atoms with van der Waals surface area (Å²) >= 11 is 0. The number of nitrogens with two attached hydrogens (primary N) is 1. The van der Waals surface area contributed by atoms with Crippen molar-refractivity contribution in [1.82, 2.24) is 4.72 Å². The molecule has 2 aromatic carbocycles. The number of sulfonamides is 1. The third-order valence-electron chi connectivity index (χ3n) is 3.56. The molecule has 0 aromatic heterocycles. The molecule has 0 fully saturated rings. The van der Waals surface area contributed by atoms with Crippen LogP contribution in [0.3, 0.4) is 0 Å². The number of nitrogen functional groups attached to an aromatic ring is 1. The lowest BCUT2D eigenvalue weighted by molar-refractivity contribution is 0.555. The van der Waals surface area contributed by atoms with E-state index in [1.54, 1.807) is 12.1 Å². The number of fused-ring (bicyclic) bond motifs is 1. The minimum absolute atomic E-state index is 0.0741. The molecule has 0 bridgehead atoms. The quantitative estimate of drug-likeness (QED) is 0.845. The fraction of sp³-hybridized carbons (Fsp3) is 0.200.